The second kappa shape index (κ2) is 12.8. The zero-order valence-electron chi connectivity index (χ0n) is 22.7. The molecular weight excluding hydrogens is 486 g/mol. The zero-order valence-corrected chi connectivity index (χ0v) is 22.7. The quantitative estimate of drug-likeness (QED) is 0.292. The molecule has 0 bridgehead atoms. The molecule has 0 spiro atoms. The van der Waals surface area contributed by atoms with E-state index in [2.05, 4.69) is 16.3 Å². The summed E-state index contributed by atoms with van der Waals surface area (Å²) in [5, 5.41) is 3.04. The standard InChI is InChI=1S/C33H37N3O3/c1-25-10-8-11-27(22-25)24-36-29-12-4-5-13-30(29)39-31(33(36)38)23-26-14-16-28(17-15-26)32(37)34-18-9-21-35-19-6-2-3-7-20-35/h4-5,8,10-17,22-23H,2-3,6-7,9,18-21,24H2,1H3,(H,34,37)/b31-23+. The first kappa shape index (κ1) is 26.7. The molecule has 0 saturated carbocycles. The van der Waals surface area contributed by atoms with Gasteiger partial charge in [0.1, 0.15) is 0 Å². The van der Waals surface area contributed by atoms with Gasteiger partial charge in [0.25, 0.3) is 11.8 Å². The molecule has 6 heteroatoms. The predicted octanol–water partition coefficient (Wildman–Crippen LogP) is 5.96. The van der Waals surface area contributed by atoms with Crippen molar-refractivity contribution >= 4 is 23.6 Å². The Morgan fingerprint density at radius 1 is 0.949 bits per heavy atom. The number of carbonyl (C=O) groups excluding carboxylic acids is 2. The second-order valence-corrected chi connectivity index (χ2v) is 10.4. The van der Waals surface area contributed by atoms with Gasteiger partial charge in [0.2, 0.25) is 0 Å². The van der Waals surface area contributed by atoms with Crippen molar-refractivity contribution in [3.05, 3.63) is 101 Å². The molecule has 0 atom stereocenters. The molecule has 0 unspecified atom stereocenters. The highest BCUT2D eigenvalue weighted by atomic mass is 16.5. The Morgan fingerprint density at radius 3 is 2.49 bits per heavy atom. The largest absolute Gasteiger partial charge is 0.449 e. The molecule has 202 valence electrons. The summed E-state index contributed by atoms with van der Waals surface area (Å²) in [5.41, 5.74) is 4.36. The normalized spacial score (nSPS) is 16.9. The Hall–Kier alpha value is -3.90. The number of nitrogens with one attached hydrogen (secondary N) is 1. The maximum atomic E-state index is 13.5. The average Bonchev–Trinajstić information content (AvgIpc) is 3.23. The predicted molar refractivity (Wildman–Crippen MR) is 156 cm³/mol. The lowest BCUT2D eigenvalue weighted by atomic mass is 10.1. The van der Waals surface area contributed by atoms with Gasteiger partial charge in [-0.05, 0) is 87.3 Å². The number of amides is 2. The van der Waals surface area contributed by atoms with Crippen LogP contribution in [0.4, 0.5) is 5.69 Å². The van der Waals surface area contributed by atoms with Crippen LogP contribution in [0.1, 0.15) is 59.2 Å². The number of carbonyl (C=O) groups is 2. The number of benzene rings is 3. The fourth-order valence-electron chi connectivity index (χ4n) is 5.26. The molecule has 3 aromatic carbocycles. The van der Waals surface area contributed by atoms with E-state index in [1.54, 1.807) is 23.1 Å². The van der Waals surface area contributed by atoms with E-state index in [0.717, 1.165) is 35.3 Å². The molecule has 0 aliphatic carbocycles. The monoisotopic (exact) mass is 523 g/mol. The zero-order chi connectivity index (χ0) is 27.0. The molecule has 1 fully saturated rings. The second-order valence-electron chi connectivity index (χ2n) is 10.4. The highest BCUT2D eigenvalue weighted by Crippen LogP contribution is 2.36. The van der Waals surface area contributed by atoms with Gasteiger partial charge in [0.15, 0.2) is 11.5 Å². The highest BCUT2D eigenvalue weighted by Gasteiger charge is 2.30. The Balaban J connectivity index is 1.22. The van der Waals surface area contributed by atoms with Gasteiger partial charge in [0, 0.05) is 12.1 Å². The number of hydrogen-bond donors (Lipinski definition) is 1. The minimum Gasteiger partial charge on any atom is -0.449 e. The molecule has 0 aromatic heterocycles. The minimum absolute atomic E-state index is 0.0756. The minimum atomic E-state index is -0.193. The van der Waals surface area contributed by atoms with E-state index in [1.165, 1.54) is 38.8 Å². The highest BCUT2D eigenvalue weighted by molar-refractivity contribution is 6.09. The van der Waals surface area contributed by atoms with Gasteiger partial charge in [-0.3, -0.25) is 14.5 Å². The molecule has 2 heterocycles. The number of likely N-dealkylation sites (tertiary alicyclic amines) is 1. The van der Waals surface area contributed by atoms with Crippen LogP contribution in [0.3, 0.4) is 0 Å². The van der Waals surface area contributed by atoms with Crippen LogP contribution in [0.15, 0.2) is 78.6 Å². The van der Waals surface area contributed by atoms with Crippen molar-refractivity contribution in [2.24, 2.45) is 0 Å². The maximum Gasteiger partial charge on any atom is 0.294 e. The van der Waals surface area contributed by atoms with Crippen LogP contribution in [0, 0.1) is 6.92 Å². The van der Waals surface area contributed by atoms with Crippen molar-refractivity contribution in [2.75, 3.05) is 31.1 Å². The molecule has 1 N–H and O–H groups in total. The third-order valence-corrected chi connectivity index (χ3v) is 7.36. The van der Waals surface area contributed by atoms with Gasteiger partial charge in [-0.1, -0.05) is 66.9 Å². The Kier molecular flexibility index (Phi) is 8.74. The summed E-state index contributed by atoms with van der Waals surface area (Å²) in [7, 11) is 0. The fourth-order valence-corrected chi connectivity index (χ4v) is 5.26. The van der Waals surface area contributed by atoms with Crippen LogP contribution in [0.2, 0.25) is 0 Å². The summed E-state index contributed by atoms with van der Waals surface area (Å²) in [6, 6.07) is 23.0. The van der Waals surface area contributed by atoms with Crippen molar-refractivity contribution in [3.8, 4) is 5.75 Å². The van der Waals surface area contributed by atoms with E-state index in [9.17, 15) is 9.59 Å². The Labute approximate surface area is 231 Å². The summed E-state index contributed by atoms with van der Waals surface area (Å²) in [6.07, 6.45) is 7.92. The molecule has 1 saturated heterocycles. The number of rotatable bonds is 8. The number of hydrogen-bond acceptors (Lipinski definition) is 4. The topological polar surface area (TPSA) is 61.9 Å². The lowest BCUT2D eigenvalue weighted by Gasteiger charge is -2.30. The van der Waals surface area contributed by atoms with Crippen molar-refractivity contribution in [2.45, 2.75) is 45.6 Å². The van der Waals surface area contributed by atoms with E-state index in [-0.39, 0.29) is 17.6 Å². The third kappa shape index (κ3) is 6.95. The third-order valence-electron chi connectivity index (χ3n) is 7.36. The summed E-state index contributed by atoms with van der Waals surface area (Å²) >= 11 is 0. The molecule has 2 aliphatic rings. The number of nitrogens with zero attached hydrogens (tertiary/aromatic N) is 2. The van der Waals surface area contributed by atoms with Gasteiger partial charge in [-0.25, -0.2) is 0 Å². The van der Waals surface area contributed by atoms with Crippen LogP contribution < -0.4 is 15.0 Å². The van der Waals surface area contributed by atoms with Crippen LogP contribution in [0.5, 0.6) is 5.75 Å². The van der Waals surface area contributed by atoms with Gasteiger partial charge in [-0.2, -0.15) is 0 Å². The SMILES string of the molecule is Cc1cccc(CN2C(=O)/C(=C\c3ccc(C(=O)NCCCN4CCCCCC4)cc3)Oc3ccccc32)c1. The number of ether oxygens (including phenoxy) is 1. The van der Waals surface area contributed by atoms with Gasteiger partial charge < -0.3 is 15.0 Å². The van der Waals surface area contributed by atoms with Crippen LogP contribution in [-0.2, 0) is 11.3 Å². The smallest absolute Gasteiger partial charge is 0.294 e. The van der Waals surface area contributed by atoms with E-state index in [4.69, 9.17) is 4.74 Å². The molecule has 39 heavy (non-hydrogen) atoms. The molecular formula is C33H37N3O3. The summed E-state index contributed by atoms with van der Waals surface area (Å²) in [5.74, 6) is 0.633. The molecule has 2 amide bonds. The van der Waals surface area contributed by atoms with Gasteiger partial charge in [-0.15, -0.1) is 0 Å². The first-order valence-corrected chi connectivity index (χ1v) is 14.0. The van der Waals surface area contributed by atoms with Crippen molar-refractivity contribution in [1.29, 1.82) is 0 Å². The van der Waals surface area contributed by atoms with Gasteiger partial charge >= 0.3 is 0 Å². The Bertz CT molecular complexity index is 1320. The lowest BCUT2D eigenvalue weighted by Crippen LogP contribution is -2.36. The summed E-state index contributed by atoms with van der Waals surface area (Å²) < 4.78 is 6.03. The van der Waals surface area contributed by atoms with E-state index >= 15 is 0 Å². The average molecular weight is 524 g/mol. The van der Waals surface area contributed by atoms with E-state index in [1.807, 2.05) is 61.5 Å². The molecule has 5 rings (SSSR count). The fraction of sp³-hybridized carbons (Fsp3) is 0.333. The molecule has 0 radical (unpaired) electrons. The van der Waals surface area contributed by atoms with E-state index in [0.29, 0.717) is 24.4 Å². The van der Waals surface area contributed by atoms with Crippen LogP contribution >= 0.6 is 0 Å². The number of fused-ring (bicyclic) bond motifs is 1. The summed E-state index contributed by atoms with van der Waals surface area (Å²) in [6.45, 7) is 6.54. The number of anilines is 1. The summed E-state index contributed by atoms with van der Waals surface area (Å²) in [4.78, 5) is 30.4. The number of aryl methyl sites for hydroxylation is 1. The molecule has 3 aromatic rings. The lowest BCUT2D eigenvalue weighted by molar-refractivity contribution is -0.117. The maximum absolute atomic E-state index is 13.5. The van der Waals surface area contributed by atoms with Crippen LogP contribution in [-0.4, -0.2) is 42.9 Å². The number of para-hydroxylation sites is 2. The van der Waals surface area contributed by atoms with Crippen molar-refractivity contribution in [1.82, 2.24) is 10.2 Å². The Morgan fingerprint density at radius 2 is 1.72 bits per heavy atom. The van der Waals surface area contributed by atoms with Crippen molar-refractivity contribution < 1.29 is 14.3 Å². The molecule has 2 aliphatic heterocycles. The first-order valence-electron chi connectivity index (χ1n) is 14.0. The first-order chi connectivity index (χ1) is 19.1. The molecule has 6 nitrogen and oxygen atoms in total. The van der Waals surface area contributed by atoms with Crippen molar-refractivity contribution in [3.63, 3.8) is 0 Å². The van der Waals surface area contributed by atoms with Crippen LogP contribution in [0.25, 0.3) is 6.08 Å². The van der Waals surface area contributed by atoms with E-state index < -0.39 is 0 Å². The van der Waals surface area contributed by atoms with Gasteiger partial charge in [0.05, 0.1) is 12.2 Å².